The van der Waals surface area contributed by atoms with Gasteiger partial charge in [-0.3, -0.25) is 4.79 Å². The fourth-order valence-corrected chi connectivity index (χ4v) is 1.86. The van der Waals surface area contributed by atoms with Gasteiger partial charge in [-0.1, -0.05) is 0 Å². The molecule has 0 saturated heterocycles. The van der Waals surface area contributed by atoms with Crippen molar-refractivity contribution in [3.05, 3.63) is 17.7 Å². The number of benzene rings is 1. The predicted octanol–water partition coefficient (Wildman–Crippen LogP) is 0.737. The summed E-state index contributed by atoms with van der Waals surface area (Å²) in [4.78, 5) is 13.3. The first-order valence-electron chi connectivity index (χ1n) is 5.67. The molecule has 5 heteroatoms. The van der Waals surface area contributed by atoms with Crippen LogP contribution in [0.15, 0.2) is 12.1 Å². The first-order valence-corrected chi connectivity index (χ1v) is 5.67. The second-order valence-electron chi connectivity index (χ2n) is 4.55. The number of rotatable bonds is 4. The van der Waals surface area contributed by atoms with Crippen molar-refractivity contribution < 1.29 is 4.79 Å². The van der Waals surface area contributed by atoms with Gasteiger partial charge in [0.15, 0.2) is 0 Å². The van der Waals surface area contributed by atoms with Gasteiger partial charge in [-0.05, 0) is 31.8 Å². The van der Waals surface area contributed by atoms with Crippen molar-refractivity contribution in [2.24, 2.45) is 0 Å². The monoisotopic (exact) mass is 234 g/mol. The van der Waals surface area contributed by atoms with Gasteiger partial charge in [-0.25, -0.2) is 0 Å². The van der Waals surface area contributed by atoms with E-state index < -0.39 is 0 Å². The Labute approximate surface area is 101 Å². The van der Waals surface area contributed by atoms with Crippen molar-refractivity contribution in [2.45, 2.75) is 6.42 Å². The molecule has 17 heavy (non-hydrogen) atoms. The van der Waals surface area contributed by atoms with Gasteiger partial charge in [0.25, 0.3) is 0 Å². The van der Waals surface area contributed by atoms with Crippen molar-refractivity contribution >= 4 is 23.0 Å². The standard InChI is InChI=1S/C12H18N4O/c1-16(2)4-3-14-11-7-10-8(5-9(11)13)6-12(17)15-10/h5,7,14H,3-4,6,13H2,1-2H3,(H,15,17). The van der Waals surface area contributed by atoms with Gasteiger partial charge in [0.05, 0.1) is 17.8 Å². The normalized spacial score (nSPS) is 13.7. The van der Waals surface area contributed by atoms with Gasteiger partial charge in [0, 0.05) is 18.8 Å². The molecule has 0 unspecified atom stereocenters. The summed E-state index contributed by atoms with van der Waals surface area (Å²) < 4.78 is 0. The fraction of sp³-hybridized carbons (Fsp3) is 0.417. The maximum absolute atomic E-state index is 11.2. The van der Waals surface area contributed by atoms with Crippen molar-refractivity contribution in [1.82, 2.24) is 4.90 Å². The maximum atomic E-state index is 11.2. The third-order valence-electron chi connectivity index (χ3n) is 2.77. The minimum atomic E-state index is 0.0323. The van der Waals surface area contributed by atoms with Crippen molar-refractivity contribution in [2.75, 3.05) is 43.6 Å². The lowest BCUT2D eigenvalue weighted by Gasteiger charge is -2.14. The van der Waals surface area contributed by atoms with Crippen LogP contribution >= 0.6 is 0 Å². The second-order valence-corrected chi connectivity index (χ2v) is 4.55. The number of nitrogens with two attached hydrogens (primary N) is 1. The van der Waals surface area contributed by atoms with Crippen LogP contribution in [0.5, 0.6) is 0 Å². The van der Waals surface area contributed by atoms with Crippen LogP contribution in [-0.4, -0.2) is 38.0 Å². The zero-order valence-electron chi connectivity index (χ0n) is 10.2. The smallest absolute Gasteiger partial charge is 0.228 e. The van der Waals surface area contributed by atoms with Crippen LogP contribution in [0.1, 0.15) is 5.56 Å². The molecule has 1 aliphatic rings. The molecule has 1 aromatic rings. The van der Waals surface area contributed by atoms with E-state index in [9.17, 15) is 4.79 Å². The first kappa shape index (κ1) is 11.7. The molecular formula is C12H18N4O. The molecule has 0 aliphatic carbocycles. The average Bonchev–Trinajstić information content (AvgIpc) is 2.57. The van der Waals surface area contributed by atoms with Crippen LogP contribution in [0.4, 0.5) is 17.1 Å². The minimum Gasteiger partial charge on any atom is -0.397 e. The van der Waals surface area contributed by atoms with Gasteiger partial charge < -0.3 is 21.3 Å². The van der Waals surface area contributed by atoms with Gasteiger partial charge >= 0.3 is 0 Å². The summed E-state index contributed by atoms with van der Waals surface area (Å²) in [5.74, 6) is 0.0323. The third-order valence-corrected chi connectivity index (χ3v) is 2.77. The molecule has 1 amide bonds. The summed E-state index contributed by atoms with van der Waals surface area (Å²) in [6.07, 6.45) is 0.428. The number of carbonyl (C=O) groups is 1. The lowest BCUT2D eigenvalue weighted by molar-refractivity contribution is -0.115. The fourth-order valence-electron chi connectivity index (χ4n) is 1.86. The van der Waals surface area contributed by atoms with Crippen LogP contribution in [0.3, 0.4) is 0 Å². The van der Waals surface area contributed by atoms with E-state index in [2.05, 4.69) is 15.5 Å². The highest BCUT2D eigenvalue weighted by molar-refractivity contribution is 6.00. The van der Waals surface area contributed by atoms with Gasteiger partial charge in [-0.15, -0.1) is 0 Å². The summed E-state index contributed by atoms with van der Waals surface area (Å²) in [5, 5.41) is 6.09. The Morgan fingerprint density at radius 3 is 2.94 bits per heavy atom. The van der Waals surface area contributed by atoms with Crippen LogP contribution < -0.4 is 16.4 Å². The summed E-state index contributed by atoms with van der Waals surface area (Å²) >= 11 is 0. The number of carbonyl (C=O) groups excluding carboxylic acids is 1. The quantitative estimate of drug-likeness (QED) is 0.672. The Morgan fingerprint density at radius 1 is 1.47 bits per heavy atom. The van der Waals surface area contributed by atoms with Crippen molar-refractivity contribution in [3.8, 4) is 0 Å². The van der Waals surface area contributed by atoms with Gasteiger partial charge in [0.2, 0.25) is 5.91 Å². The van der Waals surface area contributed by atoms with E-state index in [4.69, 9.17) is 5.73 Å². The molecule has 2 rings (SSSR count). The third kappa shape index (κ3) is 2.68. The summed E-state index contributed by atoms with van der Waals surface area (Å²) in [5.41, 5.74) is 9.37. The molecule has 92 valence electrons. The largest absolute Gasteiger partial charge is 0.397 e. The number of nitrogens with one attached hydrogen (secondary N) is 2. The Kier molecular flexibility index (Phi) is 3.19. The lowest BCUT2D eigenvalue weighted by atomic mass is 10.1. The number of nitrogens with zero attached hydrogens (tertiary/aromatic N) is 1. The van der Waals surface area contributed by atoms with E-state index in [1.165, 1.54) is 0 Å². The number of hydrogen-bond acceptors (Lipinski definition) is 4. The zero-order chi connectivity index (χ0) is 12.4. The van der Waals surface area contributed by atoms with Crippen LogP contribution in [-0.2, 0) is 11.2 Å². The summed E-state index contributed by atoms with van der Waals surface area (Å²) in [7, 11) is 4.04. The number of anilines is 3. The molecule has 0 bridgehead atoms. The highest BCUT2D eigenvalue weighted by atomic mass is 16.1. The average molecular weight is 234 g/mol. The van der Waals surface area contributed by atoms with Crippen molar-refractivity contribution in [1.29, 1.82) is 0 Å². The minimum absolute atomic E-state index is 0.0323. The summed E-state index contributed by atoms with van der Waals surface area (Å²) in [6, 6.07) is 3.77. The highest BCUT2D eigenvalue weighted by Crippen LogP contribution is 2.31. The van der Waals surface area contributed by atoms with Gasteiger partial charge in [0.1, 0.15) is 0 Å². The number of amides is 1. The molecule has 0 atom stereocenters. The van der Waals surface area contributed by atoms with E-state index in [-0.39, 0.29) is 5.91 Å². The molecule has 0 radical (unpaired) electrons. The molecule has 1 heterocycles. The maximum Gasteiger partial charge on any atom is 0.228 e. The topological polar surface area (TPSA) is 70.4 Å². The second kappa shape index (κ2) is 4.63. The number of likely N-dealkylation sites (N-methyl/N-ethyl adjacent to an activating group) is 1. The Balaban J connectivity index is 2.08. The van der Waals surface area contributed by atoms with E-state index in [1.807, 2.05) is 26.2 Å². The summed E-state index contributed by atoms with van der Waals surface area (Å²) in [6.45, 7) is 1.76. The zero-order valence-corrected chi connectivity index (χ0v) is 10.2. The van der Waals surface area contributed by atoms with Crippen LogP contribution in [0.25, 0.3) is 0 Å². The highest BCUT2D eigenvalue weighted by Gasteiger charge is 2.19. The van der Waals surface area contributed by atoms with E-state index in [1.54, 1.807) is 0 Å². The molecule has 0 fully saturated rings. The number of hydrogen-bond donors (Lipinski definition) is 3. The van der Waals surface area contributed by atoms with Crippen molar-refractivity contribution in [3.63, 3.8) is 0 Å². The number of fused-ring (bicyclic) bond motifs is 1. The van der Waals surface area contributed by atoms with E-state index >= 15 is 0 Å². The molecule has 4 N–H and O–H groups in total. The van der Waals surface area contributed by atoms with Crippen LogP contribution in [0, 0.1) is 0 Å². The van der Waals surface area contributed by atoms with E-state index in [0.29, 0.717) is 12.1 Å². The molecule has 0 saturated carbocycles. The SMILES string of the molecule is CN(C)CCNc1cc2c(cc1N)CC(=O)N2. The van der Waals surface area contributed by atoms with E-state index in [0.717, 1.165) is 30.0 Å². The van der Waals surface area contributed by atoms with Gasteiger partial charge in [-0.2, -0.15) is 0 Å². The first-order chi connectivity index (χ1) is 8.06. The number of nitrogen functional groups attached to an aromatic ring is 1. The molecule has 1 aliphatic heterocycles. The lowest BCUT2D eigenvalue weighted by Crippen LogP contribution is -2.21. The van der Waals surface area contributed by atoms with Crippen LogP contribution in [0.2, 0.25) is 0 Å². The Bertz CT molecular complexity index is 442. The molecular weight excluding hydrogens is 216 g/mol. The Morgan fingerprint density at radius 2 is 2.24 bits per heavy atom. The molecule has 0 aromatic heterocycles. The predicted molar refractivity (Wildman–Crippen MR) is 70.2 cm³/mol. The molecule has 5 nitrogen and oxygen atoms in total. The molecule has 1 aromatic carbocycles. The molecule has 0 spiro atoms. The Hall–Kier alpha value is -1.75.